The number of carbonyl (C=O) groups is 1. The van der Waals surface area contributed by atoms with Crippen molar-refractivity contribution in [3.63, 3.8) is 0 Å². The lowest BCUT2D eigenvalue weighted by Crippen LogP contribution is -2.38. The van der Waals surface area contributed by atoms with Gasteiger partial charge in [-0.05, 0) is 42.8 Å². The summed E-state index contributed by atoms with van der Waals surface area (Å²) in [7, 11) is 3.50. The maximum atomic E-state index is 12.8. The van der Waals surface area contributed by atoms with Gasteiger partial charge in [0.1, 0.15) is 5.75 Å². The van der Waals surface area contributed by atoms with Crippen molar-refractivity contribution in [1.29, 1.82) is 0 Å². The van der Waals surface area contributed by atoms with Gasteiger partial charge in [-0.1, -0.05) is 13.0 Å². The number of nitrogens with zero attached hydrogens (tertiary/aromatic N) is 1. The number of hydrogen-bond acceptors (Lipinski definition) is 4. The molecular weight excluding hydrogens is 296 g/mol. The number of rotatable bonds is 7. The molecule has 1 N–H and O–H groups in total. The zero-order valence-corrected chi connectivity index (χ0v) is 14.0. The van der Waals surface area contributed by atoms with Gasteiger partial charge in [-0.3, -0.25) is 4.79 Å². The zero-order chi connectivity index (χ0) is 15.9. The molecule has 1 heterocycles. The molecule has 0 fully saturated rings. The second-order valence-electron chi connectivity index (χ2n) is 5.16. The average molecular weight is 318 g/mol. The molecule has 0 bridgehead atoms. The molecule has 1 aromatic carbocycles. The minimum atomic E-state index is -0.0768. The van der Waals surface area contributed by atoms with Crippen molar-refractivity contribution < 1.29 is 9.53 Å². The highest BCUT2D eigenvalue weighted by Crippen LogP contribution is 2.24. The second-order valence-corrected chi connectivity index (χ2v) is 6.19. The number of nitrogens with one attached hydrogen (secondary N) is 1. The number of amides is 1. The highest BCUT2D eigenvalue weighted by molar-refractivity contribution is 7.09. The Balaban J connectivity index is 2.25. The summed E-state index contributed by atoms with van der Waals surface area (Å²) >= 11 is 1.66. The molecule has 22 heavy (non-hydrogen) atoms. The first-order valence-corrected chi connectivity index (χ1v) is 8.16. The fourth-order valence-electron chi connectivity index (χ4n) is 2.28. The van der Waals surface area contributed by atoms with Crippen molar-refractivity contribution in [2.24, 2.45) is 5.92 Å². The minimum Gasteiger partial charge on any atom is -0.497 e. The van der Waals surface area contributed by atoms with Gasteiger partial charge in [-0.2, -0.15) is 0 Å². The molecule has 1 atom stereocenters. The number of carbonyl (C=O) groups excluding carboxylic acids is 1. The minimum absolute atomic E-state index is 0.0768. The van der Waals surface area contributed by atoms with E-state index in [1.54, 1.807) is 18.4 Å². The molecule has 4 nitrogen and oxygen atoms in total. The maximum Gasteiger partial charge on any atom is 0.231 e. The Labute approximate surface area is 135 Å². The Hall–Kier alpha value is -1.85. The van der Waals surface area contributed by atoms with Gasteiger partial charge in [-0.25, -0.2) is 0 Å². The Morgan fingerprint density at radius 1 is 1.32 bits per heavy atom. The van der Waals surface area contributed by atoms with E-state index in [2.05, 4.69) is 11.4 Å². The van der Waals surface area contributed by atoms with E-state index in [4.69, 9.17) is 4.74 Å². The summed E-state index contributed by atoms with van der Waals surface area (Å²) < 4.78 is 5.19. The monoisotopic (exact) mass is 318 g/mol. The summed E-state index contributed by atoms with van der Waals surface area (Å²) in [6.45, 7) is 3.20. The first-order chi connectivity index (χ1) is 10.7. The number of methoxy groups -OCH3 is 1. The molecule has 0 saturated heterocycles. The fraction of sp³-hybridized carbons (Fsp3) is 0.353. The van der Waals surface area contributed by atoms with Gasteiger partial charge in [0.05, 0.1) is 13.7 Å². The van der Waals surface area contributed by atoms with Crippen molar-refractivity contribution in [2.75, 3.05) is 25.6 Å². The van der Waals surface area contributed by atoms with Crippen molar-refractivity contribution in [2.45, 2.75) is 13.5 Å². The van der Waals surface area contributed by atoms with E-state index in [0.717, 1.165) is 11.4 Å². The normalized spacial score (nSPS) is 12.0. The van der Waals surface area contributed by atoms with Gasteiger partial charge in [0, 0.05) is 23.0 Å². The third-order valence-corrected chi connectivity index (χ3v) is 4.34. The Morgan fingerprint density at radius 3 is 2.59 bits per heavy atom. The Kier molecular flexibility index (Phi) is 5.98. The van der Waals surface area contributed by atoms with E-state index in [1.165, 1.54) is 4.88 Å². The number of anilines is 1. The van der Waals surface area contributed by atoms with E-state index < -0.39 is 0 Å². The summed E-state index contributed by atoms with van der Waals surface area (Å²) in [6.07, 6.45) is 0. The number of benzene rings is 1. The van der Waals surface area contributed by atoms with Crippen LogP contribution in [0.25, 0.3) is 0 Å². The van der Waals surface area contributed by atoms with Gasteiger partial charge in [-0.15, -0.1) is 11.3 Å². The Morgan fingerprint density at radius 2 is 2.05 bits per heavy atom. The van der Waals surface area contributed by atoms with Crippen LogP contribution in [0.2, 0.25) is 0 Å². The maximum absolute atomic E-state index is 12.8. The summed E-state index contributed by atoms with van der Waals surface area (Å²) in [4.78, 5) is 15.8. The summed E-state index contributed by atoms with van der Waals surface area (Å²) in [6, 6.07) is 11.7. The van der Waals surface area contributed by atoms with Crippen LogP contribution >= 0.6 is 11.3 Å². The molecule has 5 heteroatoms. The smallest absolute Gasteiger partial charge is 0.231 e. The van der Waals surface area contributed by atoms with E-state index >= 15 is 0 Å². The third kappa shape index (κ3) is 4.08. The number of thiophene rings is 1. The van der Waals surface area contributed by atoms with Gasteiger partial charge in [0.15, 0.2) is 0 Å². The van der Waals surface area contributed by atoms with E-state index in [0.29, 0.717) is 13.1 Å². The van der Waals surface area contributed by atoms with Crippen LogP contribution in [0.15, 0.2) is 41.8 Å². The molecule has 0 saturated carbocycles. The largest absolute Gasteiger partial charge is 0.497 e. The molecule has 0 radical (unpaired) electrons. The van der Waals surface area contributed by atoms with Crippen LogP contribution in [0.4, 0.5) is 5.69 Å². The molecular formula is C17H22N2O2S. The lowest BCUT2D eigenvalue weighted by Gasteiger charge is -2.25. The van der Waals surface area contributed by atoms with Crippen molar-refractivity contribution in [1.82, 2.24) is 5.32 Å². The standard InChI is InChI=1S/C17H22N2O2S/c1-13(11-18-2)17(20)19(12-16-5-4-10-22-16)14-6-8-15(21-3)9-7-14/h4-10,13,18H,11-12H2,1-3H3. The van der Waals surface area contributed by atoms with E-state index in [1.807, 2.05) is 54.6 Å². The van der Waals surface area contributed by atoms with Crippen LogP contribution < -0.4 is 15.0 Å². The summed E-state index contributed by atoms with van der Waals surface area (Å²) in [5, 5.41) is 5.10. The molecule has 1 amide bonds. The SMILES string of the molecule is CNCC(C)C(=O)N(Cc1cccs1)c1ccc(OC)cc1. The van der Waals surface area contributed by atoms with E-state index in [-0.39, 0.29) is 11.8 Å². The molecule has 0 aliphatic carbocycles. The predicted molar refractivity (Wildman–Crippen MR) is 91.6 cm³/mol. The van der Waals surface area contributed by atoms with Crippen LogP contribution in [0.5, 0.6) is 5.75 Å². The van der Waals surface area contributed by atoms with E-state index in [9.17, 15) is 4.79 Å². The van der Waals surface area contributed by atoms with Gasteiger partial charge >= 0.3 is 0 Å². The first-order valence-electron chi connectivity index (χ1n) is 7.28. The highest BCUT2D eigenvalue weighted by atomic mass is 32.1. The van der Waals surface area contributed by atoms with Gasteiger partial charge < -0.3 is 15.0 Å². The highest BCUT2D eigenvalue weighted by Gasteiger charge is 2.22. The van der Waals surface area contributed by atoms with Crippen LogP contribution in [-0.4, -0.2) is 26.6 Å². The molecule has 2 rings (SSSR count). The average Bonchev–Trinajstić information content (AvgIpc) is 3.05. The van der Waals surface area contributed by atoms with Crippen molar-refractivity contribution >= 4 is 22.9 Å². The molecule has 1 unspecified atom stereocenters. The lowest BCUT2D eigenvalue weighted by atomic mass is 10.1. The summed E-state index contributed by atoms with van der Waals surface area (Å²) in [5.41, 5.74) is 0.891. The van der Waals surface area contributed by atoms with Gasteiger partial charge in [0.2, 0.25) is 5.91 Å². The molecule has 0 aliphatic heterocycles. The van der Waals surface area contributed by atoms with Crippen LogP contribution in [0, 0.1) is 5.92 Å². The molecule has 0 spiro atoms. The van der Waals surface area contributed by atoms with Crippen molar-refractivity contribution in [3.05, 3.63) is 46.7 Å². The van der Waals surface area contributed by atoms with Crippen molar-refractivity contribution in [3.8, 4) is 5.75 Å². The number of hydrogen-bond donors (Lipinski definition) is 1. The molecule has 1 aromatic heterocycles. The number of ether oxygens (including phenoxy) is 1. The van der Waals surface area contributed by atoms with Crippen LogP contribution in [0.3, 0.4) is 0 Å². The topological polar surface area (TPSA) is 41.6 Å². The van der Waals surface area contributed by atoms with Crippen LogP contribution in [-0.2, 0) is 11.3 Å². The molecule has 118 valence electrons. The quantitative estimate of drug-likeness (QED) is 0.853. The van der Waals surface area contributed by atoms with Gasteiger partial charge in [0.25, 0.3) is 0 Å². The molecule has 2 aromatic rings. The lowest BCUT2D eigenvalue weighted by molar-refractivity contribution is -0.121. The first kappa shape index (κ1) is 16.5. The summed E-state index contributed by atoms with van der Waals surface area (Å²) in [5.74, 6) is 0.829. The fourth-order valence-corrected chi connectivity index (χ4v) is 2.97. The zero-order valence-electron chi connectivity index (χ0n) is 13.2. The molecule has 0 aliphatic rings. The van der Waals surface area contributed by atoms with Crippen LogP contribution in [0.1, 0.15) is 11.8 Å². The third-order valence-electron chi connectivity index (χ3n) is 3.48. The second kappa shape index (κ2) is 7.96. The Bertz CT molecular complexity index is 581. The predicted octanol–water partition coefficient (Wildman–Crippen LogP) is 3.15.